The molecule has 1 heterocycles. The minimum atomic E-state index is 0.577. The van der Waals surface area contributed by atoms with Crippen LogP contribution in [0, 0.1) is 0 Å². The molecule has 10 aromatic carbocycles. The second kappa shape index (κ2) is 17.2. The molecule has 2 heteroatoms. The van der Waals surface area contributed by atoms with Crippen LogP contribution < -0.4 is 4.90 Å². The summed E-state index contributed by atoms with van der Waals surface area (Å²) in [4.78, 5) is 2.48. The van der Waals surface area contributed by atoms with Crippen LogP contribution in [0.3, 0.4) is 0 Å². The van der Waals surface area contributed by atoms with Gasteiger partial charge in [0.2, 0.25) is 0 Å². The summed E-state index contributed by atoms with van der Waals surface area (Å²) < 4.78 is 2.41. The number of benzene rings is 10. The summed E-state index contributed by atoms with van der Waals surface area (Å²) >= 11 is 0. The zero-order valence-corrected chi connectivity index (χ0v) is 37.0. The average molecular weight is 847 g/mol. The van der Waals surface area contributed by atoms with Crippen molar-refractivity contribution in [3.63, 3.8) is 0 Å². The highest BCUT2D eigenvalue weighted by Crippen LogP contribution is 2.47. The van der Waals surface area contributed by atoms with E-state index >= 15 is 0 Å². The molecule has 0 unspecified atom stereocenters. The van der Waals surface area contributed by atoms with Crippen LogP contribution in [0.15, 0.2) is 237 Å². The molecule has 66 heavy (non-hydrogen) atoms. The maximum atomic E-state index is 2.48. The molecule has 0 bridgehead atoms. The van der Waals surface area contributed by atoms with Gasteiger partial charge in [0.1, 0.15) is 0 Å². The standard InChI is InChI=1S/C64H50N2/c1-4-18-45(19-5-1)46-36-38-47(39-37-46)48-40-42-53(43-41-48)65(60-33-12-10-28-57(60)58-32-16-23-50-22-15-30-55(63(50)58)49-20-6-2-7-21-49)54-27-14-24-51(44-54)56-31-17-35-62-64(56)59-29-11-13-34-61(59)66(62)52-25-8-3-9-26-52/h1,3-5,8-19,22-44,49H,2,6-7,20-21H2. The van der Waals surface area contributed by atoms with Gasteiger partial charge in [-0.15, -0.1) is 0 Å². The van der Waals surface area contributed by atoms with E-state index in [4.69, 9.17) is 0 Å². The van der Waals surface area contributed by atoms with Crippen LogP contribution in [0.1, 0.15) is 43.6 Å². The second-order valence-electron chi connectivity index (χ2n) is 17.9. The first-order valence-electron chi connectivity index (χ1n) is 23.6. The average Bonchev–Trinajstić information content (AvgIpc) is 3.74. The molecule has 12 rings (SSSR count). The molecule has 0 radical (unpaired) electrons. The number of hydrogen-bond acceptors (Lipinski definition) is 1. The fraction of sp³-hybridized carbons (Fsp3) is 0.0938. The Balaban J connectivity index is 1.03. The van der Waals surface area contributed by atoms with Crippen molar-refractivity contribution < 1.29 is 0 Å². The Morgan fingerprint density at radius 2 is 0.924 bits per heavy atom. The van der Waals surface area contributed by atoms with Gasteiger partial charge in [0.25, 0.3) is 0 Å². The molecule has 2 nitrogen and oxygen atoms in total. The fourth-order valence-corrected chi connectivity index (χ4v) is 10.9. The fourth-order valence-electron chi connectivity index (χ4n) is 10.9. The minimum Gasteiger partial charge on any atom is -0.310 e. The molecule has 0 aliphatic heterocycles. The topological polar surface area (TPSA) is 8.17 Å². The summed E-state index contributed by atoms with van der Waals surface area (Å²) in [7, 11) is 0. The highest BCUT2D eigenvalue weighted by atomic mass is 15.1. The molecular formula is C64H50N2. The van der Waals surface area contributed by atoms with E-state index in [2.05, 4.69) is 246 Å². The molecule has 1 aliphatic rings. The third-order valence-electron chi connectivity index (χ3n) is 14.0. The highest BCUT2D eigenvalue weighted by molar-refractivity contribution is 6.16. The number of anilines is 3. The molecule has 316 valence electrons. The quantitative estimate of drug-likeness (QED) is 0.140. The molecule has 0 N–H and O–H groups in total. The first-order valence-corrected chi connectivity index (χ1v) is 23.6. The lowest BCUT2D eigenvalue weighted by molar-refractivity contribution is 0.445. The van der Waals surface area contributed by atoms with Crippen LogP contribution in [-0.4, -0.2) is 4.57 Å². The lowest BCUT2D eigenvalue weighted by atomic mass is 9.80. The second-order valence-corrected chi connectivity index (χ2v) is 17.9. The molecule has 1 saturated carbocycles. The molecule has 1 aromatic heterocycles. The Bertz CT molecular complexity index is 3480. The van der Waals surface area contributed by atoms with Crippen LogP contribution in [-0.2, 0) is 0 Å². The van der Waals surface area contributed by atoms with Crippen molar-refractivity contribution in [3.05, 3.63) is 242 Å². The minimum absolute atomic E-state index is 0.577. The number of fused-ring (bicyclic) bond motifs is 4. The van der Waals surface area contributed by atoms with Gasteiger partial charge in [0.05, 0.1) is 16.7 Å². The van der Waals surface area contributed by atoms with E-state index in [-0.39, 0.29) is 0 Å². The van der Waals surface area contributed by atoms with Gasteiger partial charge in [-0.05, 0) is 129 Å². The van der Waals surface area contributed by atoms with Crippen molar-refractivity contribution in [1.29, 1.82) is 0 Å². The van der Waals surface area contributed by atoms with Crippen LogP contribution in [0.25, 0.3) is 82.8 Å². The van der Waals surface area contributed by atoms with Crippen LogP contribution >= 0.6 is 0 Å². The number of para-hydroxylation sites is 3. The van der Waals surface area contributed by atoms with Crippen molar-refractivity contribution in [3.8, 4) is 50.2 Å². The Hall–Kier alpha value is -7.94. The van der Waals surface area contributed by atoms with Gasteiger partial charge >= 0.3 is 0 Å². The summed E-state index contributed by atoms with van der Waals surface area (Å²) in [5, 5.41) is 5.21. The first kappa shape index (κ1) is 39.6. The van der Waals surface area contributed by atoms with Gasteiger partial charge in [-0.25, -0.2) is 0 Å². The Labute approximate surface area is 387 Å². The largest absolute Gasteiger partial charge is 0.310 e. The van der Waals surface area contributed by atoms with E-state index in [9.17, 15) is 0 Å². The van der Waals surface area contributed by atoms with Gasteiger partial charge in [-0.2, -0.15) is 0 Å². The summed E-state index contributed by atoms with van der Waals surface area (Å²) in [6.45, 7) is 0. The van der Waals surface area contributed by atoms with Crippen molar-refractivity contribution in [1.82, 2.24) is 4.57 Å². The summed E-state index contributed by atoms with van der Waals surface area (Å²) in [6, 6.07) is 87.2. The Morgan fingerprint density at radius 1 is 0.364 bits per heavy atom. The molecule has 0 amide bonds. The normalized spacial score (nSPS) is 13.1. The van der Waals surface area contributed by atoms with Crippen molar-refractivity contribution >= 4 is 49.6 Å². The molecule has 11 aromatic rings. The number of nitrogens with zero attached hydrogens (tertiary/aromatic N) is 2. The Morgan fingerprint density at radius 3 is 1.70 bits per heavy atom. The van der Waals surface area contributed by atoms with E-state index in [0.29, 0.717) is 5.92 Å². The third kappa shape index (κ3) is 7.16. The van der Waals surface area contributed by atoms with Gasteiger partial charge in [-0.1, -0.05) is 201 Å². The molecule has 0 atom stereocenters. The third-order valence-corrected chi connectivity index (χ3v) is 14.0. The SMILES string of the molecule is c1ccc(-c2ccc(-c3ccc(N(c4cccc(-c5cccc6c5c5ccccc5n6-c5ccccc5)c4)c4ccccc4-c4cccc5cccc(C6CCCCC6)c45)cc3)cc2)cc1. The predicted octanol–water partition coefficient (Wildman–Crippen LogP) is 18.1. The molecule has 0 spiro atoms. The lowest BCUT2D eigenvalue weighted by Gasteiger charge is -2.29. The summed E-state index contributed by atoms with van der Waals surface area (Å²) in [5.41, 5.74) is 18.2. The van der Waals surface area contributed by atoms with E-state index in [1.807, 2.05) is 0 Å². The molecular weight excluding hydrogens is 797 g/mol. The number of aromatic nitrogens is 1. The van der Waals surface area contributed by atoms with Gasteiger partial charge in [0.15, 0.2) is 0 Å². The maximum absolute atomic E-state index is 2.48. The van der Waals surface area contributed by atoms with Crippen LogP contribution in [0.5, 0.6) is 0 Å². The first-order chi connectivity index (χ1) is 32.8. The van der Waals surface area contributed by atoms with Crippen LogP contribution in [0.4, 0.5) is 17.1 Å². The van der Waals surface area contributed by atoms with Crippen molar-refractivity contribution in [2.24, 2.45) is 0 Å². The maximum Gasteiger partial charge on any atom is 0.0547 e. The van der Waals surface area contributed by atoms with E-state index in [1.165, 1.54) is 115 Å². The smallest absolute Gasteiger partial charge is 0.0547 e. The zero-order chi connectivity index (χ0) is 43.8. The number of rotatable bonds is 9. The van der Waals surface area contributed by atoms with E-state index in [1.54, 1.807) is 0 Å². The molecule has 1 aliphatic carbocycles. The van der Waals surface area contributed by atoms with Gasteiger partial charge in [-0.3, -0.25) is 0 Å². The monoisotopic (exact) mass is 846 g/mol. The molecule has 1 fully saturated rings. The zero-order valence-electron chi connectivity index (χ0n) is 37.0. The van der Waals surface area contributed by atoms with Crippen molar-refractivity contribution in [2.45, 2.75) is 38.0 Å². The van der Waals surface area contributed by atoms with Gasteiger partial charge < -0.3 is 9.47 Å². The lowest BCUT2D eigenvalue weighted by Crippen LogP contribution is -2.11. The summed E-state index contributed by atoms with van der Waals surface area (Å²) in [5.74, 6) is 0.577. The van der Waals surface area contributed by atoms with E-state index < -0.39 is 0 Å². The Kier molecular flexibility index (Phi) is 10.3. The highest BCUT2D eigenvalue weighted by Gasteiger charge is 2.24. The predicted molar refractivity (Wildman–Crippen MR) is 281 cm³/mol. The van der Waals surface area contributed by atoms with Crippen LogP contribution in [0.2, 0.25) is 0 Å². The summed E-state index contributed by atoms with van der Waals surface area (Å²) in [6.07, 6.45) is 6.46. The molecule has 0 saturated heterocycles. The van der Waals surface area contributed by atoms with Crippen molar-refractivity contribution in [2.75, 3.05) is 4.90 Å². The van der Waals surface area contributed by atoms with Gasteiger partial charge in [0, 0.05) is 33.4 Å². The number of hydrogen-bond donors (Lipinski definition) is 0. The van der Waals surface area contributed by atoms with E-state index in [0.717, 1.165) is 22.7 Å².